The van der Waals surface area contributed by atoms with Crippen LogP contribution in [0.3, 0.4) is 0 Å². The molecule has 0 rings (SSSR count). The normalized spacial score (nSPS) is 12.0. The number of halogens is 3. The fraction of sp³-hybridized carbons (Fsp3) is 1.00. The van der Waals surface area contributed by atoms with E-state index in [1.165, 1.54) is 0 Å². The van der Waals surface area contributed by atoms with E-state index in [2.05, 4.69) is 10.1 Å². The van der Waals surface area contributed by atoms with Crippen molar-refractivity contribution in [3.63, 3.8) is 0 Å². The summed E-state index contributed by atoms with van der Waals surface area (Å²) in [4.78, 5) is 0. The Kier molecular flexibility index (Phi) is 5.23. The standard InChI is InChI=1S/C6H12F3NO/c1-10-3-2-4-11-5-6(7,8)9/h10H,2-5H2,1H3. The lowest BCUT2D eigenvalue weighted by atomic mass is 10.4. The number of ether oxygens (including phenoxy) is 1. The van der Waals surface area contributed by atoms with Gasteiger partial charge in [0.2, 0.25) is 0 Å². The van der Waals surface area contributed by atoms with Crippen LogP contribution in [0.5, 0.6) is 0 Å². The Balaban J connectivity index is 3.02. The van der Waals surface area contributed by atoms with Crippen molar-refractivity contribution < 1.29 is 17.9 Å². The molecule has 0 amide bonds. The maximum absolute atomic E-state index is 11.4. The maximum atomic E-state index is 11.4. The van der Waals surface area contributed by atoms with Crippen molar-refractivity contribution in [3.05, 3.63) is 0 Å². The molecule has 0 aliphatic rings. The molecule has 5 heteroatoms. The third kappa shape index (κ3) is 9.71. The van der Waals surface area contributed by atoms with E-state index in [-0.39, 0.29) is 6.61 Å². The molecule has 0 bridgehead atoms. The van der Waals surface area contributed by atoms with Gasteiger partial charge in [0.1, 0.15) is 6.61 Å². The van der Waals surface area contributed by atoms with Crippen LogP contribution in [0.15, 0.2) is 0 Å². The minimum absolute atomic E-state index is 0.153. The first-order chi connectivity index (χ1) is 5.06. The molecule has 0 spiro atoms. The Morgan fingerprint density at radius 2 is 2.00 bits per heavy atom. The van der Waals surface area contributed by atoms with Crippen LogP contribution in [0.25, 0.3) is 0 Å². The molecular formula is C6H12F3NO. The Hall–Kier alpha value is -0.290. The first kappa shape index (κ1) is 10.7. The highest BCUT2D eigenvalue weighted by molar-refractivity contribution is 4.46. The van der Waals surface area contributed by atoms with Gasteiger partial charge < -0.3 is 10.1 Å². The zero-order valence-electron chi connectivity index (χ0n) is 6.37. The van der Waals surface area contributed by atoms with Crippen molar-refractivity contribution in [2.45, 2.75) is 12.6 Å². The van der Waals surface area contributed by atoms with Crippen LogP contribution < -0.4 is 5.32 Å². The fourth-order valence-electron chi connectivity index (χ4n) is 0.539. The quantitative estimate of drug-likeness (QED) is 0.627. The molecule has 0 saturated heterocycles. The Morgan fingerprint density at radius 3 is 2.45 bits per heavy atom. The van der Waals surface area contributed by atoms with Gasteiger partial charge in [-0.05, 0) is 20.0 Å². The smallest absolute Gasteiger partial charge is 0.372 e. The van der Waals surface area contributed by atoms with Gasteiger partial charge in [-0.3, -0.25) is 0 Å². The highest BCUT2D eigenvalue weighted by Crippen LogP contribution is 2.14. The SMILES string of the molecule is CNCCCOCC(F)(F)F. The van der Waals surface area contributed by atoms with Gasteiger partial charge in [0.05, 0.1) is 0 Å². The Bertz CT molecular complexity index is 94.3. The average Bonchev–Trinajstić information content (AvgIpc) is 1.85. The van der Waals surface area contributed by atoms with E-state index in [1.54, 1.807) is 7.05 Å². The molecule has 0 heterocycles. The number of alkyl halides is 3. The summed E-state index contributed by atoms with van der Waals surface area (Å²) < 4.78 is 38.6. The first-order valence-electron chi connectivity index (χ1n) is 3.35. The van der Waals surface area contributed by atoms with Gasteiger partial charge in [0, 0.05) is 6.61 Å². The van der Waals surface area contributed by atoms with Crippen molar-refractivity contribution in [3.8, 4) is 0 Å². The number of nitrogens with one attached hydrogen (secondary N) is 1. The zero-order chi connectivity index (χ0) is 8.74. The minimum atomic E-state index is -4.19. The van der Waals surface area contributed by atoms with Crippen LogP contribution in [-0.2, 0) is 4.74 Å². The lowest BCUT2D eigenvalue weighted by molar-refractivity contribution is -0.173. The summed E-state index contributed by atoms with van der Waals surface area (Å²) in [5.41, 5.74) is 0. The van der Waals surface area contributed by atoms with Crippen LogP contribution in [0.4, 0.5) is 13.2 Å². The fourth-order valence-corrected chi connectivity index (χ4v) is 0.539. The van der Waals surface area contributed by atoms with Gasteiger partial charge in [-0.1, -0.05) is 0 Å². The summed E-state index contributed by atoms with van der Waals surface area (Å²) in [7, 11) is 1.74. The molecule has 0 atom stereocenters. The predicted octanol–water partition coefficient (Wildman–Crippen LogP) is 1.17. The summed E-state index contributed by atoms with van der Waals surface area (Å²) in [6.45, 7) is -0.311. The molecule has 0 aromatic heterocycles. The largest absolute Gasteiger partial charge is 0.411 e. The number of rotatable bonds is 5. The van der Waals surface area contributed by atoms with Gasteiger partial charge in [0.25, 0.3) is 0 Å². The molecule has 1 N–H and O–H groups in total. The highest BCUT2D eigenvalue weighted by atomic mass is 19.4. The van der Waals surface area contributed by atoms with Crippen molar-refractivity contribution in [1.29, 1.82) is 0 Å². The molecule has 2 nitrogen and oxygen atoms in total. The van der Waals surface area contributed by atoms with Crippen molar-refractivity contribution in [1.82, 2.24) is 5.32 Å². The van der Waals surface area contributed by atoms with E-state index in [0.29, 0.717) is 13.0 Å². The van der Waals surface area contributed by atoms with Crippen LogP contribution in [-0.4, -0.2) is 33.0 Å². The highest BCUT2D eigenvalue weighted by Gasteiger charge is 2.26. The molecule has 11 heavy (non-hydrogen) atoms. The minimum Gasteiger partial charge on any atom is -0.372 e. The summed E-state index contributed by atoms with van der Waals surface area (Å²) in [5, 5.41) is 2.80. The summed E-state index contributed by atoms with van der Waals surface area (Å²) >= 11 is 0. The molecule has 0 aromatic rings. The number of hydrogen-bond acceptors (Lipinski definition) is 2. The topological polar surface area (TPSA) is 21.3 Å². The predicted molar refractivity (Wildman–Crippen MR) is 35.4 cm³/mol. The first-order valence-corrected chi connectivity index (χ1v) is 3.35. The van der Waals surface area contributed by atoms with E-state index in [1.807, 2.05) is 0 Å². The Labute approximate surface area is 63.7 Å². The lowest BCUT2D eigenvalue weighted by Gasteiger charge is -2.06. The monoisotopic (exact) mass is 171 g/mol. The molecule has 0 unspecified atom stereocenters. The summed E-state index contributed by atoms with van der Waals surface area (Å²) in [6, 6.07) is 0. The summed E-state index contributed by atoms with van der Waals surface area (Å²) in [6.07, 6.45) is -3.59. The van der Waals surface area contributed by atoms with Gasteiger partial charge in [0.15, 0.2) is 0 Å². The molecule has 0 radical (unpaired) electrons. The van der Waals surface area contributed by atoms with Gasteiger partial charge >= 0.3 is 6.18 Å². The second kappa shape index (κ2) is 5.37. The van der Waals surface area contributed by atoms with Crippen molar-refractivity contribution in [2.75, 3.05) is 26.8 Å². The van der Waals surface area contributed by atoms with E-state index in [0.717, 1.165) is 0 Å². The second-order valence-electron chi connectivity index (χ2n) is 2.12. The van der Waals surface area contributed by atoms with E-state index < -0.39 is 12.8 Å². The van der Waals surface area contributed by atoms with Crippen molar-refractivity contribution >= 4 is 0 Å². The molecule has 0 aliphatic heterocycles. The summed E-state index contributed by atoms with van der Waals surface area (Å²) in [5.74, 6) is 0. The number of hydrogen-bond donors (Lipinski definition) is 1. The molecular weight excluding hydrogens is 159 g/mol. The lowest BCUT2D eigenvalue weighted by Crippen LogP contribution is -2.18. The Morgan fingerprint density at radius 1 is 1.36 bits per heavy atom. The van der Waals surface area contributed by atoms with Crippen LogP contribution in [0.1, 0.15) is 6.42 Å². The van der Waals surface area contributed by atoms with Crippen LogP contribution >= 0.6 is 0 Å². The maximum Gasteiger partial charge on any atom is 0.411 e. The molecule has 0 fully saturated rings. The molecule has 0 aromatic carbocycles. The van der Waals surface area contributed by atoms with E-state index in [9.17, 15) is 13.2 Å². The van der Waals surface area contributed by atoms with Gasteiger partial charge in [-0.2, -0.15) is 13.2 Å². The van der Waals surface area contributed by atoms with Crippen LogP contribution in [0, 0.1) is 0 Å². The van der Waals surface area contributed by atoms with Gasteiger partial charge in [-0.25, -0.2) is 0 Å². The van der Waals surface area contributed by atoms with Crippen LogP contribution in [0.2, 0.25) is 0 Å². The van der Waals surface area contributed by atoms with E-state index >= 15 is 0 Å². The third-order valence-corrected chi connectivity index (χ3v) is 0.981. The molecule has 0 saturated carbocycles. The zero-order valence-corrected chi connectivity index (χ0v) is 6.37. The second-order valence-corrected chi connectivity index (χ2v) is 2.12. The molecule has 68 valence electrons. The average molecular weight is 171 g/mol. The van der Waals surface area contributed by atoms with E-state index in [4.69, 9.17) is 0 Å². The molecule has 0 aliphatic carbocycles. The third-order valence-electron chi connectivity index (χ3n) is 0.981. The van der Waals surface area contributed by atoms with Crippen molar-refractivity contribution in [2.24, 2.45) is 0 Å². The van der Waals surface area contributed by atoms with Gasteiger partial charge in [-0.15, -0.1) is 0 Å².